The number of nitrogens with zero attached hydrogens (tertiary/aromatic N) is 5. The molecule has 1 aliphatic rings. The lowest BCUT2D eigenvalue weighted by molar-refractivity contribution is 0.0508. The van der Waals surface area contributed by atoms with Crippen LogP contribution in [0.25, 0.3) is 16.6 Å². The van der Waals surface area contributed by atoms with Gasteiger partial charge in [-0.25, -0.2) is 0 Å². The van der Waals surface area contributed by atoms with Crippen LogP contribution in [-0.2, 0) is 11.3 Å². The molecule has 1 fully saturated rings. The molecule has 1 atom stereocenters. The summed E-state index contributed by atoms with van der Waals surface area (Å²) in [5, 5.41) is 13.4. The molecule has 4 aromatic rings. The first-order valence-corrected chi connectivity index (χ1v) is 10.8. The van der Waals surface area contributed by atoms with E-state index in [9.17, 15) is 4.79 Å². The smallest absolute Gasteiger partial charge is 0.254 e. The van der Waals surface area contributed by atoms with Gasteiger partial charge < -0.3 is 14.4 Å². The van der Waals surface area contributed by atoms with Gasteiger partial charge in [-0.3, -0.25) is 4.79 Å². The van der Waals surface area contributed by atoms with Crippen molar-refractivity contribution in [2.24, 2.45) is 0 Å². The minimum absolute atomic E-state index is 0.0275. The van der Waals surface area contributed by atoms with Crippen molar-refractivity contribution < 1.29 is 14.3 Å². The van der Waals surface area contributed by atoms with Crippen LogP contribution in [-0.4, -0.2) is 57.2 Å². The van der Waals surface area contributed by atoms with E-state index in [1.54, 1.807) is 17.7 Å². The first-order valence-electron chi connectivity index (χ1n) is 10.8. The van der Waals surface area contributed by atoms with Crippen LogP contribution in [0.1, 0.15) is 34.3 Å². The Morgan fingerprint density at radius 2 is 2.16 bits per heavy atom. The highest BCUT2D eigenvalue weighted by atomic mass is 16.5. The lowest BCUT2D eigenvalue weighted by Gasteiger charge is -2.26. The molecule has 0 bridgehead atoms. The van der Waals surface area contributed by atoms with Crippen molar-refractivity contribution in [2.45, 2.75) is 32.4 Å². The molecular formula is C24H25N5O3. The zero-order valence-electron chi connectivity index (χ0n) is 18.2. The van der Waals surface area contributed by atoms with Crippen LogP contribution in [0.2, 0.25) is 0 Å². The molecule has 164 valence electrons. The maximum atomic E-state index is 13.5. The molecule has 5 rings (SSSR count). The third-order valence-electron chi connectivity index (χ3n) is 5.91. The number of ether oxygens (including phenoxy) is 2. The Labute approximate surface area is 185 Å². The molecule has 8 nitrogen and oxygen atoms in total. The maximum absolute atomic E-state index is 13.5. The zero-order chi connectivity index (χ0) is 22.1. The summed E-state index contributed by atoms with van der Waals surface area (Å²) in [5.74, 6) is 0.576. The van der Waals surface area contributed by atoms with Crippen molar-refractivity contribution in [1.82, 2.24) is 24.9 Å². The molecule has 0 aliphatic carbocycles. The third kappa shape index (κ3) is 3.89. The predicted octanol–water partition coefficient (Wildman–Crippen LogP) is 3.42. The van der Waals surface area contributed by atoms with Gasteiger partial charge in [0.1, 0.15) is 5.75 Å². The maximum Gasteiger partial charge on any atom is 0.254 e. The number of hydrogen-bond donors (Lipinski definition) is 0. The molecule has 3 heterocycles. The Morgan fingerprint density at radius 3 is 2.97 bits per heavy atom. The van der Waals surface area contributed by atoms with Crippen LogP contribution < -0.4 is 4.74 Å². The van der Waals surface area contributed by atoms with Gasteiger partial charge in [0.15, 0.2) is 5.65 Å². The van der Waals surface area contributed by atoms with Crippen LogP contribution in [0.5, 0.6) is 5.75 Å². The summed E-state index contributed by atoms with van der Waals surface area (Å²) in [5.41, 5.74) is 4.20. The van der Waals surface area contributed by atoms with E-state index in [4.69, 9.17) is 9.47 Å². The first-order chi connectivity index (χ1) is 15.6. The van der Waals surface area contributed by atoms with E-state index in [-0.39, 0.29) is 12.0 Å². The van der Waals surface area contributed by atoms with Crippen molar-refractivity contribution in [1.29, 1.82) is 0 Å². The van der Waals surface area contributed by atoms with Crippen molar-refractivity contribution in [3.05, 3.63) is 65.2 Å². The van der Waals surface area contributed by atoms with Gasteiger partial charge in [-0.05, 0) is 66.1 Å². The zero-order valence-corrected chi connectivity index (χ0v) is 18.2. The SMILES string of the molecule is COc1cccc(C(=O)N(Cc2cc3ccc(C)cc3n3nnnc23)C[C@H]2CCCO2)c1. The molecule has 0 unspecified atom stereocenters. The Morgan fingerprint density at radius 1 is 1.25 bits per heavy atom. The normalized spacial score (nSPS) is 16.0. The minimum Gasteiger partial charge on any atom is -0.497 e. The molecule has 8 heteroatoms. The largest absolute Gasteiger partial charge is 0.497 e. The Balaban J connectivity index is 1.54. The molecule has 1 saturated heterocycles. The molecule has 1 aliphatic heterocycles. The number of aromatic nitrogens is 4. The third-order valence-corrected chi connectivity index (χ3v) is 5.91. The molecule has 32 heavy (non-hydrogen) atoms. The van der Waals surface area contributed by atoms with E-state index in [1.807, 2.05) is 30.0 Å². The monoisotopic (exact) mass is 431 g/mol. The quantitative estimate of drug-likeness (QED) is 0.465. The Hall–Kier alpha value is -3.52. The van der Waals surface area contributed by atoms with Gasteiger partial charge in [-0.2, -0.15) is 4.52 Å². The van der Waals surface area contributed by atoms with Gasteiger partial charge in [0.25, 0.3) is 5.91 Å². The van der Waals surface area contributed by atoms with E-state index in [0.29, 0.717) is 30.0 Å². The second kappa shape index (κ2) is 8.55. The summed E-state index contributed by atoms with van der Waals surface area (Å²) < 4.78 is 12.9. The number of tetrazole rings is 1. The fraction of sp³-hybridized carbons (Fsp3) is 0.333. The van der Waals surface area contributed by atoms with E-state index in [0.717, 1.165) is 41.5 Å². The highest BCUT2D eigenvalue weighted by Gasteiger charge is 2.25. The number of hydrogen-bond acceptors (Lipinski definition) is 6. The summed E-state index contributed by atoms with van der Waals surface area (Å²) in [7, 11) is 1.60. The van der Waals surface area contributed by atoms with Gasteiger partial charge in [0.05, 0.1) is 18.7 Å². The van der Waals surface area contributed by atoms with Gasteiger partial charge in [0.2, 0.25) is 0 Å². The fourth-order valence-corrected chi connectivity index (χ4v) is 4.28. The van der Waals surface area contributed by atoms with Gasteiger partial charge in [-0.15, -0.1) is 5.10 Å². The number of aryl methyl sites for hydroxylation is 1. The number of fused-ring (bicyclic) bond motifs is 3. The number of carbonyl (C=O) groups excluding carboxylic acids is 1. The van der Waals surface area contributed by atoms with E-state index < -0.39 is 0 Å². The van der Waals surface area contributed by atoms with Crippen LogP contribution in [0.3, 0.4) is 0 Å². The van der Waals surface area contributed by atoms with Crippen molar-refractivity contribution in [2.75, 3.05) is 20.3 Å². The van der Waals surface area contributed by atoms with Crippen molar-refractivity contribution >= 4 is 22.5 Å². The predicted molar refractivity (Wildman–Crippen MR) is 120 cm³/mol. The van der Waals surface area contributed by atoms with Crippen LogP contribution in [0, 0.1) is 6.92 Å². The molecule has 0 radical (unpaired) electrons. The van der Waals surface area contributed by atoms with Crippen LogP contribution >= 0.6 is 0 Å². The van der Waals surface area contributed by atoms with Crippen molar-refractivity contribution in [3.8, 4) is 5.75 Å². The number of benzene rings is 2. The van der Waals surface area contributed by atoms with Crippen LogP contribution in [0.4, 0.5) is 0 Å². The minimum atomic E-state index is -0.0750. The van der Waals surface area contributed by atoms with Crippen LogP contribution in [0.15, 0.2) is 48.5 Å². The molecule has 0 saturated carbocycles. The highest BCUT2D eigenvalue weighted by Crippen LogP contribution is 2.24. The topological polar surface area (TPSA) is 81.9 Å². The molecule has 2 aromatic heterocycles. The number of pyridine rings is 1. The Kier molecular flexibility index (Phi) is 5.45. The molecule has 1 amide bonds. The van der Waals surface area contributed by atoms with Gasteiger partial charge in [0, 0.05) is 36.2 Å². The summed E-state index contributed by atoms with van der Waals surface area (Å²) in [6, 6.07) is 15.5. The summed E-state index contributed by atoms with van der Waals surface area (Å²) >= 11 is 0. The number of rotatable bonds is 6. The van der Waals surface area contributed by atoms with E-state index >= 15 is 0 Å². The molecule has 0 spiro atoms. The summed E-state index contributed by atoms with van der Waals surface area (Å²) in [6.45, 7) is 3.67. The number of carbonyl (C=O) groups is 1. The highest BCUT2D eigenvalue weighted by molar-refractivity contribution is 5.95. The first kappa shape index (κ1) is 20.4. The number of methoxy groups -OCH3 is 1. The average molecular weight is 431 g/mol. The van der Waals surface area contributed by atoms with Gasteiger partial charge >= 0.3 is 0 Å². The molecule has 0 N–H and O–H groups in total. The lowest BCUT2D eigenvalue weighted by Crippen LogP contribution is -2.37. The second-order valence-corrected chi connectivity index (χ2v) is 8.20. The van der Waals surface area contributed by atoms with Crippen molar-refractivity contribution in [3.63, 3.8) is 0 Å². The van der Waals surface area contributed by atoms with Gasteiger partial charge in [-0.1, -0.05) is 18.2 Å². The fourth-order valence-electron chi connectivity index (χ4n) is 4.28. The Bertz CT molecular complexity index is 1280. The van der Waals surface area contributed by atoms with E-state index in [1.165, 1.54) is 0 Å². The average Bonchev–Trinajstić information content (AvgIpc) is 3.51. The number of amides is 1. The summed E-state index contributed by atoms with van der Waals surface area (Å²) in [4.78, 5) is 15.4. The second-order valence-electron chi connectivity index (χ2n) is 8.20. The standard InChI is InChI=1S/C24H25N5O3/c1-16-8-9-17-12-19(23-25-26-27-29(23)22(17)11-16)14-28(15-21-7-4-10-32-21)24(30)18-5-3-6-20(13-18)31-2/h3,5-6,8-9,11-13,21H,4,7,10,14-15H2,1-2H3/t21-/m1/s1. The lowest BCUT2D eigenvalue weighted by atomic mass is 10.1. The summed E-state index contributed by atoms with van der Waals surface area (Å²) in [6.07, 6.45) is 1.99. The van der Waals surface area contributed by atoms with E-state index in [2.05, 4.69) is 39.8 Å². The molecular weight excluding hydrogens is 406 g/mol. The molecule has 2 aromatic carbocycles.